The molecule has 1 heterocycles. The van der Waals surface area contributed by atoms with Crippen molar-refractivity contribution in [2.45, 2.75) is 13.8 Å². The lowest BCUT2D eigenvalue weighted by Crippen LogP contribution is -2.16. The number of carbonyl (C=O) groups is 2. The molecule has 34 heavy (non-hydrogen) atoms. The number of halogens is 3. The molecule has 0 saturated heterocycles. The molecule has 1 aromatic heterocycles. The number of nitrogens with zero attached hydrogens (tertiary/aromatic N) is 2. The minimum Gasteiger partial charge on any atom is -0.322 e. The molecular formula is C25H19F3N4O2. The average Bonchev–Trinajstić information content (AvgIpc) is 3.07. The van der Waals surface area contributed by atoms with Crippen LogP contribution in [0.15, 0.2) is 66.7 Å². The molecule has 0 saturated carbocycles. The van der Waals surface area contributed by atoms with Crippen LogP contribution >= 0.6 is 0 Å². The molecule has 0 aliphatic rings. The van der Waals surface area contributed by atoms with Crippen molar-refractivity contribution in [2.24, 2.45) is 0 Å². The van der Waals surface area contributed by atoms with Gasteiger partial charge in [0.15, 0.2) is 5.82 Å². The number of anilines is 2. The Labute approximate surface area is 193 Å². The van der Waals surface area contributed by atoms with Crippen molar-refractivity contribution in [3.8, 4) is 5.69 Å². The molecule has 0 atom stereocenters. The molecule has 0 aliphatic heterocycles. The molecule has 6 nitrogen and oxygen atoms in total. The zero-order chi connectivity index (χ0) is 24.4. The molecule has 0 unspecified atom stereocenters. The lowest BCUT2D eigenvalue weighted by atomic mass is 10.1. The standard InChI is InChI=1S/C25H19F3N4O2/c1-14-23(15(2)32(31-14)22-10-9-18(27)13-21(22)28)25(34)30-19-7-3-5-16(11-19)24(33)29-20-8-4-6-17(26)12-20/h3-13H,1-2H3,(H,29,33)(H,30,34). The fourth-order valence-electron chi connectivity index (χ4n) is 3.56. The summed E-state index contributed by atoms with van der Waals surface area (Å²) in [5.41, 5.74) is 1.83. The van der Waals surface area contributed by atoms with E-state index in [2.05, 4.69) is 15.7 Å². The number of hydrogen-bond acceptors (Lipinski definition) is 3. The van der Waals surface area contributed by atoms with Crippen LogP contribution in [0.4, 0.5) is 24.5 Å². The summed E-state index contributed by atoms with van der Waals surface area (Å²) in [7, 11) is 0. The Balaban J connectivity index is 1.55. The van der Waals surface area contributed by atoms with Gasteiger partial charge in [-0.25, -0.2) is 17.9 Å². The van der Waals surface area contributed by atoms with E-state index in [9.17, 15) is 22.8 Å². The maximum absolute atomic E-state index is 14.2. The van der Waals surface area contributed by atoms with Crippen molar-refractivity contribution >= 4 is 23.2 Å². The molecular weight excluding hydrogens is 445 g/mol. The number of aromatic nitrogens is 2. The van der Waals surface area contributed by atoms with Crippen LogP contribution in [0.3, 0.4) is 0 Å². The summed E-state index contributed by atoms with van der Waals surface area (Å²) in [6, 6.07) is 14.8. The second-order valence-corrected chi connectivity index (χ2v) is 7.55. The van der Waals surface area contributed by atoms with E-state index in [-0.39, 0.29) is 16.8 Å². The Hall–Kier alpha value is -4.40. The van der Waals surface area contributed by atoms with Gasteiger partial charge in [0.05, 0.1) is 17.0 Å². The number of nitrogens with one attached hydrogen (secondary N) is 2. The largest absolute Gasteiger partial charge is 0.322 e. The van der Waals surface area contributed by atoms with Crippen LogP contribution < -0.4 is 10.6 Å². The molecule has 172 valence electrons. The van der Waals surface area contributed by atoms with Crippen LogP contribution in [0.5, 0.6) is 0 Å². The van der Waals surface area contributed by atoms with Gasteiger partial charge in [0.25, 0.3) is 11.8 Å². The highest BCUT2D eigenvalue weighted by Crippen LogP contribution is 2.22. The molecule has 0 fully saturated rings. The summed E-state index contributed by atoms with van der Waals surface area (Å²) in [6.45, 7) is 3.20. The van der Waals surface area contributed by atoms with Gasteiger partial charge in [0.1, 0.15) is 17.3 Å². The van der Waals surface area contributed by atoms with Gasteiger partial charge in [-0.2, -0.15) is 5.10 Å². The molecule has 0 bridgehead atoms. The Kier molecular flexibility index (Phi) is 6.18. The summed E-state index contributed by atoms with van der Waals surface area (Å²) < 4.78 is 42.1. The lowest BCUT2D eigenvalue weighted by Gasteiger charge is -2.09. The van der Waals surface area contributed by atoms with E-state index >= 15 is 0 Å². The first kappa shape index (κ1) is 22.8. The minimum atomic E-state index is -0.811. The van der Waals surface area contributed by atoms with Gasteiger partial charge >= 0.3 is 0 Å². The number of amides is 2. The summed E-state index contributed by atoms with van der Waals surface area (Å²) in [5.74, 6) is -3.00. The van der Waals surface area contributed by atoms with Crippen LogP contribution in [0.1, 0.15) is 32.1 Å². The van der Waals surface area contributed by atoms with Gasteiger partial charge in [0.2, 0.25) is 0 Å². The highest BCUT2D eigenvalue weighted by Gasteiger charge is 2.21. The van der Waals surface area contributed by atoms with Crippen molar-refractivity contribution in [1.29, 1.82) is 0 Å². The summed E-state index contributed by atoms with van der Waals surface area (Å²) in [6.07, 6.45) is 0. The van der Waals surface area contributed by atoms with E-state index in [1.54, 1.807) is 38.1 Å². The van der Waals surface area contributed by atoms with Crippen LogP contribution in [0.25, 0.3) is 5.69 Å². The van der Waals surface area contributed by atoms with E-state index in [1.807, 2.05) is 0 Å². The molecule has 3 aromatic carbocycles. The first-order valence-electron chi connectivity index (χ1n) is 10.2. The van der Waals surface area contributed by atoms with Gasteiger partial charge in [-0.15, -0.1) is 0 Å². The van der Waals surface area contributed by atoms with Crippen molar-refractivity contribution < 1.29 is 22.8 Å². The number of hydrogen-bond donors (Lipinski definition) is 2. The molecule has 2 N–H and O–H groups in total. The summed E-state index contributed by atoms with van der Waals surface area (Å²) in [5, 5.41) is 9.54. The SMILES string of the molecule is Cc1nn(-c2ccc(F)cc2F)c(C)c1C(=O)Nc1cccc(C(=O)Nc2cccc(F)c2)c1. The second-order valence-electron chi connectivity index (χ2n) is 7.55. The van der Waals surface area contributed by atoms with Crippen LogP contribution in [-0.4, -0.2) is 21.6 Å². The zero-order valence-electron chi connectivity index (χ0n) is 18.2. The molecule has 9 heteroatoms. The first-order chi connectivity index (χ1) is 16.2. The first-order valence-corrected chi connectivity index (χ1v) is 10.2. The predicted octanol–water partition coefficient (Wildman–Crippen LogP) is 5.41. The lowest BCUT2D eigenvalue weighted by molar-refractivity contribution is 0.101. The van der Waals surface area contributed by atoms with E-state index in [1.165, 1.54) is 35.0 Å². The average molecular weight is 464 g/mol. The quantitative estimate of drug-likeness (QED) is 0.415. The molecule has 2 amide bonds. The minimum absolute atomic E-state index is 0.0112. The Bertz CT molecular complexity index is 1420. The number of rotatable bonds is 5. The normalized spacial score (nSPS) is 10.7. The number of benzene rings is 3. The van der Waals surface area contributed by atoms with E-state index in [0.29, 0.717) is 22.8 Å². The Morgan fingerprint density at radius 1 is 0.794 bits per heavy atom. The number of aryl methyl sites for hydroxylation is 1. The monoisotopic (exact) mass is 464 g/mol. The van der Waals surface area contributed by atoms with Gasteiger partial charge < -0.3 is 10.6 Å². The van der Waals surface area contributed by atoms with Gasteiger partial charge in [-0.05, 0) is 62.4 Å². The molecule has 0 radical (unpaired) electrons. The van der Waals surface area contributed by atoms with Crippen LogP contribution in [-0.2, 0) is 0 Å². The highest BCUT2D eigenvalue weighted by atomic mass is 19.1. The smallest absolute Gasteiger partial charge is 0.259 e. The summed E-state index contributed by atoms with van der Waals surface area (Å²) in [4.78, 5) is 25.5. The third kappa shape index (κ3) is 4.68. The van der Waals surface area contributed by atoms with E-state index in [4.69, 9.17) is 0 Å². The Morgan fingerprint density at radius 3 is 2.15 bits per heavy atom. The third-order valence-corrected chi connectivity index (χ3v) is 5.12. The fourth-order valence-corrected chi connectivity index (χ4v) is 3.56. The van der Waals surface area contributed by atoms with Crippen molar-refractivity contribution in [3.63, 3.8) is 0 Å². The molecule has 0 spiro atoms. The van der Waals surface area contributed by atoms with E-state index in [0.717, 1.165) is 12.1 Å². The van der Waals surface area contributed by atoms with Gasteiger partial charge in [-0.1, -0.05) is 12.1 Å². The van der Waals surface area contributed by atoms with Crippen LogP contribution in [0.2, 0.25) is 0 Å². The maximum atomic E-state index is 14.2. The molecule has 4 rings (SSSR count). The topological polar surface area (TPSA) is 76.0 Å². The maximum Gasteiger partial charge on any atom is 0.259 e. The fraction of sp³-hybridized carbons (Fsp3) is 0.0800. The van der Waals surface area contributed by atoms with Crippen molar-refractivity contribution in [1.82, 2.24) is 9.78 Å². The highest BCUT2D eigenvalue weighted by molar-refractivity contribution is 6.08. The second kappa shape index (κ2) is 9.22. The third-order valence-electron chi connectivity index (χ3n) is 5.12. The summed E-state index contributed by atoms with van der Waals surface area (Å²) >= 11 is 0. The van der Waals surface area contributed by atoms with Crippen molar-refractivity contribution in [2.75, 3.05) is 10.6 Å². The number of carbonyl (C=O) groups excluding carboxylic acids is 2. The van der Waals surface area contributed by atoms with Gasteiger partial charge in [-0.3, -0.25) is 9.59 Å². The predicted molar refractivity (Wildman–Crippen MR) is 122 cm³/mol. The van der Waals surface area contributed by atoms with Gasteiger partial charge in [0, 0.05) is 23.0 Å². The van der Waals surface area contributed by atoms with E-state index < -0.39 is 29.3 Å². The molecule has 4 aromatic rings. The van der Waals surface area contributed by atoms with Crippen molar-refractivity contribution in [3.05, 3.63) is 107 Å². The van der Waals surface area contributed by atoms with Crippen LogP contribution in [0, 0.1) is 31.3 Å². The molecule has 0 aliphatic carbocycles. The Morgan fingerprint density at radius 2 is 1.44 bits per heavy atom. The zero-order valence-corrected chi connectivity index (χ0v) is 18.2.